The summed E-state index contributed by atoms with van der Waals surface area (Å²) in [6, 6.07) is 16.1. The summed E-state index contributed by atoms with van der Waals surface area (Å²) in [5.41, 5.74) is 3.35. The van der Waals surface area contributed by atoms with Crippen molar-refractivity contribution in [2.24, 2.45) is 0 Å². The number of carbonyl (C=O) groups is 1. The molecule has 28 heavy (non-hydrogen) atoms. The van der Waals surface area contributed by atoms with Gasteiger partial charge in [0.05, 0.1) is 6.04 Å². The monoisotopic (exact) mass is 397 g/mol. The molecule has 0 saturated heterocycles. The van der Waals surface area contributed by atoms with Crippen LogP contribution in [0, 0.1) is 0 Å². The number of fused-ring (bicyclic) bond motifs is 1. The first-order chi connectivity index (χ1) is 13.6. The van der Waals surface area contributed by atoms with Crippen LogP contribution in [0.2, 0.25) is 5.02 Å². The minimum Gasteiger partial charge on any atom is -0.361 e. The van der Waals surface area contributed by atoms with Crippen molar-refractivity contribution in [3.05, 3.63) is 70.9 Å². The van der Waals surface area contributed by atoms with Gasteiger partial charge in [-0.3, -0.25) is 9.69 Å². The van der Waals surface area contributed by atoms with Crippen LogP contribution < -0.4 is 5.32 Å². The Morgan fingerprint density at radius 2 is 1.82 bits per heavy atom. The van der Waals surface area contributed by atoms with Gasteiger partial charge in [0.2, 0.25) is 5.91 Å². The van der Waals surface area contributed by atoms with Gasteiger partial charge in [0.1, 0.15) is 0 Å². The van der Waals surface area contributed by atoms with Crippen LogP contribution in [-0.4, -0.2) is 35.4 Å². The summed E-state index contributed by atoms with van der Waals surface area (Å²) in [4.78, 5) is 18.1. The van der Waals surface area contributed by atoms with Crippen molar-refractivity contribution in [3.8, 4) is 0 Å². The lowest BCUT2D eigenvalue weighted by Gasteiger charge is -2.31. The van der Waals surface area contributed by atoms with Gasteiger partial charge in [-0.05, 0) is 42.8 Å². The Morgan fingerprint density at radius 3 is 2.57 bits per heavy atom. The number of aryl methyl sites for hydroxylation is 1. The molecule has 1 atom stereocenters. The molecule has 1 unspecified atom stereocenters. The zero-order valence-electron chi connectivity index (χ0n) is 16.5. The Balaban J connectivity index is 1.62. The lowest BCUT2D eigenvalue weighted by Crippen LogP contribution is -2.38. The van der Waals surface area contributed by atoms with E-state index in [4.69, 9.17) is 11.6 Å². The largest absolute Gasteiger partial charge is 0.361 e. The SMILES string of the molecule is CCN(CC)C(CNC(=O)CCc1c[nH]c2ccccc12)c1ccccc1Cl. The molecule has 0 bridgehead atoms. The van der Waals surface area contributed by atoms with Gasteiger partial charge in [-0.1, -0.05) is 61.8 Å². The Morgan fingerprint density at radius 1 is 1.11 bits per heavy atom. The number of hydrogen-bond donors (Lipinski definition) is 2. The molecule has 0 radical (unpaired) electrons. The molecule has 1 amide bonds. The third-order valence-corrected chi connectivity index (χ3v) is 5.65. The Labute approximate surface area is 171 Å². The van der Waals surface area contributed by atoms with Crippen molar-refractivity contribution in [2.45, 2.75) is 32.7 Å². The van der Waals surface area contributed by atoms with E-state index in [1.807, 2.05) is 42.6 Å². The smallest absolute Gasteiger partial charge is 0.220 e. The van der Waals surface area contributed by atoms with E-state index in [9.17, 15) is 4.79 Å². The Bertz CT molecular complexity index is 917. The highest BCUT2D eigenvalue weighted by Crippen LogP contribution is 2.27. The summed E-state index contributed by atoms with van der Waals surface area (Å²) in [5, 5.41) is 5.05. The average molecular weight is 398 g/mol. The molecule has 2 aromatic carbocycles. The molecule has 3 aromatic rings. The second-order valence-corrected chi connectivity index (χ2v) is 7.33. The van der Waals surface area contributed by atoms with E-state index in [0.717, 1.165) is 35.6 Å². The summed E-state index contributed by atoms with van der Waals surface area (Å²) >= 11 is 6.43. The summed E-state index contributed by atoms with van der Waals surface area (Å²) in [6.45, 7) is 6.62. The lowest BCUT2D eigenvalue weighted by atomic mass is 10.0. The predicted octanol–water partition coefficient (Wildman–Crippen LogP) is 4.95. The fourth-order valence-electron chi connectivity index (χ4n) is 3.73. The van der Waals surface area contributed by atoms with Crippen molar-refractivity contribution in [2.75, 3.05) is 19.6 Å². The molecule has 5 heteroatoms. The number of nitrogens with zero attached hydrogens (tertiary/aromatic N) is 1. The van der Waals surface area contributed by atoms with E-state index in [2.05, 4.69) is 41.2 Å². The molecule has 0 aliphatic carbocycles. The number of likely N-dealkylation sites (N-methyl/N-ethyl adjacent to an activating group) is 1. The van der Waals surface area contributed by atoms with E-state index < -0.39 is 0 Å². The summed E-state index contributed by atoms with van der Waals surface area (Å²) in [6.07, 6.45) is 3.19. The van der Waals surface area contributed by atoms with Crippen molar-refractivity contribution >= 4 is 28.4 Å². The molecule has 0 saturated carbocycles. The first-order valence-electron chi connectivity index (χ1n) is 9.94. The Kier molecular flexibility index (Phi) is 7.12. The van der Waals surface area contributed by atoms with Crippen LogP contribution in [0.3, 0.4) is 0 Å². The van der Waals surface area contributed by atoms with Gasteiger partial charge >= 0.3 is 0 Å². The van der Waals surface area contributed by atoms with Crippen LogP contribution in [0.4, 0.5) is 0 Å². The number of nitrogens with one attached hydrogen (secondary N) is 2. The molecule has 0 spiro atoms. The summed E-state index contributed by atoms with van der Waals surface area (Å²) < 4.78 is 0. The van der Waals surface area contributed by atoms with Crippen LogP contribution in [0.15, 0.2) is 54.7 Å². The third-order valence-electron chi connectivity index (χ3n) is 5.31. The van der Waals surface area contributed by atoms with Crippen LogP contribution in [0.5, 0.6) is 0 Å². The number of amides is 1. The van der Waals surface area contributed by atoms with E-state index in [1.54, 1.807) is 0 Å². The standard InChI is InChI=1S/C23H28ClN3O/c1-3-27(4-2)22(19-10-5-7-11-20(19)24)16-26-23(28)14-13-17-15-25-21-12-8-6-9-18(17)21/h5-12,15,22,25H,3-4,13-14,16H2,1-2H3,(H,26,28). The maximum Gasteiger partial charge on any atom is 0.220 e. The van der Waals surface area contributed by atoms with Gasteiger partial charge in [0.25, 0.3) is 0 Å². The molecule has 1 heterocycles. The molecule has 0 fully saturated rings. The third kappa shape index (κ3) is 4.75. The first-order valence-corrected chi connectivity index (χ1v) is 10.3. The van der Waals surface area contributed by atoms with E-state index in [1.165, 1.54) is 10.9 Å². The molecular formula is C23H28ClN3O. The highest BCUT2D eigenvalue weighted by atomic mass is 35.5. The van der Waals surface area contributed by atoms with Crippen LogP contribution in [-0.2, 0) is 11.2 Å². The quantitative estimate of drug-likeness (QED) is 0.536. The summed E-state index contributed by atoms with van der Waals surface area (Å²) in [5.74, 6) is 0.0643. The van der Waals surface area contributed by atoms with Crippen molar-refractivity contribution < 1.29 is 4.79 Å². The molecular weight excluding hydrogens is 370 g/mol. The van der Waals surface area contributed by atoms with E-state index in [0.29, 0.717) is 13.0 Å². The van der Waals surface area contributed by atoms with Crippen molar-refractivity contribution in [1.29, 1.82) is 0 Å². The van der Waals surface area contributed by atoms with E-state index in [-0.39, 0.29) is 11.9 Å². The fraction of sp³-hybridized carbons (Fsp3) is 0.348. The maximum absolute atomic E-state index is 12.5. The van der Waals surface area contributed by atoms with Gasteiger partial charge in [0.15, 0.2) is 0 Å². The number of para-hydroxylation sites is 1. The van der Waals surface area contributed by atoms with Gasteiger partial charge in [-0.25, -0.2) is 0 Å². The van der Waals surface area contributed by atoms with Crippen LogP contribution in [0.25, 0.3) is 10.9 Å². The van der Waals surface area contributed by atoms with Gasteiger partial charge in [0, 0.05) is 35.1 Å². The predicted molar refractivity (Wildman–Crippen MR) is 117 cm³/mol. The molecule has 2 N–H and O–H groups in total. The summed E-state index contributed by atoms with van der Waals surface area (Å²) in [7, 11) is 0. The molecule has 0 aliphatic rings. The number of rotatable bonds is 9. The van der Waals surface area contributed by atoms with Crippen LogP contribution >= 0.6 is 11.6 Å². The second-order valence-electron chi connectivity index (χ2n) is 6.92. The van der Waals surface area contributed by atoms with Gasteiger partial charge in [-0.15, -0.1) is 0 Å². The van der Waals surface area contributed by atoms with E-state index >= 15 is 0 Å². The number of H-pyrrole nitrogens is 1. The number of hydrogen-bond acceptors (Lipinski definition) is 2. The van der Waals surface area contributed by atoms with Gasteiger partial charge < -0.3 is 10.3 Å². The number of aromatic amines is 1. The van der Waals surface area contributed by atoms with Gasteiger partial charge in [-0.2, -0.15) is 0 Å². The second kappa shape index (κ2) is 9.76. The maximum atomic E-state index is 12.5. The van der Waals surface area contributed by atoms with Crippen molar-refractivity contribution in [3.63, 3.8) is 0 Å². The molecule has 3 rings (SSSR count). The molecule has 4 nitrogen and oxygen atoms in total. The number of halogens is 1. The average Bonchev–Trinajstić information content (AvgIpc) is 3.13. The highest BCUT2D eigenvalue weighted by Gasteiger charge is 2.21. The van der Waals surface area contributed by atoms with Crippen molar-refractivity contribution in [1.82, 2.24) is 15.2 Å². The lowest BCUT2D eigenvalue weighted by molar-refractivity contribution is -0.121. The zero-order chi connectivity index (χ0) is 19.9. The molecule has 1 aromatic heterocycles. The number of carbonyl (C=O) groups excluding carboxylic acids is 1. The normalized spacial score (nSPS) is 12.4. The zero-order valence-corrected chi connectivity index (χ0v) is 17.3. The highest BCUT2D eigenvalue weighted by molar-refractivity contribution is 6.31. The van der Waals surface area contributed by atoms with Crippen LogP contribution in [0.1, 0.15) is 37.4 Å². The topological polar surface area (TPSA) is 48.1 Å². The minimum atomic E-state index is 0.0643. The minimum absolute atomic E-state index is 0.0643. The number of aromatic nitrogens is 1. The first kappa shape index (κ1) is 20.4. The number of benzene rings is 2. The molecule has 148 valence electrons. The fourth-order valence-corrected chi connectivity index (χ4v) is 3.99. The Hall–Kier alpha value is -2.30. The molecule has 0 aliphatic heterocycles.